The molecule has 0 amide bonds. The molecule has 160 valence electrons. The maximum Gasteiger partial charge on any atom is 0.223 e. The fraction of sp³-hybridized carbons (Fsp3) is 0.435. The summed E-state index contributed by atoms with van der Waals surface area (Å²) in [6, 6.07) is 8.87. The SMILES string of the molecule is FC1CC(NC2CCN(c3ccc(-n4cc5c(n4)-c4cccnc4OC5)cn3)CC2)C1. The number of nitrogens with zero attached hydrogens (tertiary/aromatic N) is 5. The van der Waals surface area contributed by atoms with Gasteiger partial charge in [-0.25, -0.2) is 19.0 Å². The van der Waals surface area contributed by atoms with E-state index in [1.165, 1.54) is 0 Å². The van der Waals surface area contributed by atoms with E-state index >= 15 is 0 Å². The first kappa shape index (κ1) is 18.7. The van der Waals surface area contributed by atoms with Crippen molar-refractivity contribution in [1.82, 2.24) is 25.1 Å². The van der Waals surface area contributed by atoms with E-state index in [2.05, 4.69) is 27.3 Å². The van der Waals surface area contributed by atoms with Gasteiger partial charge in [0.25, 0.3) is 0 Å². The number of aromatic nitrogens is 4. The van der Waals surface area contributed by atoms with E-state index in [0.29, 0.717) is 37.4 Å². The predicted octanol–water partition coefficient (Wildman–Crippen LogP) is 3.28. The minimum absolute atomic E-state index is 0.372. The summed E-state index contributed by atoms with van der Waals surface area (Å²) < 4.78 is 20.6. The summed E-state index contributed by atoms with van der Waals surface area (Å²) in [6.45, 7) is 2.40. The second-order valence-corrected chi connectivity index (χ2v) is 8.66. The third kappa shape index (κ3) is 3.54. The van der Waals surface area contributed by atoms with Gasteiger partial charge < -0.3 is 15.0 Å². The van der Waals surface area contributed by atoms with Crippen molar-refractivity contribution >= 4 is 5.82 Å². The van der Waals surface area contributed by atoms with E-state index in [1.807, 2.05) is 29.2 Å². The van der Waals surface area contributed by atoms with Gasteiger partial charge in [-0.05, 0) is 49.9 Å². The summed E-state index contributed by atoms with van der Waals surface area (Å²) >= 11 is 0. The number of hydrogen-bond donors (Lipinski definition) is 1. The van der Waals surface area contributed by atoms with Gasteiger partial charge in [0.2, 0.25) is 5.88 Å². The van der Waals surface area contributed by atoms with Crippen LogP contribution in [0.5, 0.6) is 5.88 Å². The van der Waals surface area contributed by atoms with Crippen LogP contribution in [0.1, 0.15) is 31.2 Å². The minimum Gasteiger partial charge on any atom is -0.472 e. The van der Waals surface area contributed by atoms with Gasteiger partial charge in [-0.2, -0.15) is 5.10 Å². The monoisotopic (exact) mass is 420 g/mol. The number of ether oxygens (including phenoxy) is 1. The molecule has 0 spiro atoms. The smallest absolute Gasteiger partial charge is 0.223 e. The molecule has 0 atom stereocenters. The van der Waals surface area contributed by atoms with Gasteiger partial charge in [0.05, 0.1) is 17.4 Å². The average Bonchev–Trinajstić information content (AvgIpc) is 3.24. The third-order valence-corrected chi connectivity index (χ3v) is 6.55. The molecule has 0 bridgehead atoms. The van der Waals surface area contributed by atoms with Crippen LogP contribution >= 0.6 is 0 Å². The number of nitrogens with one attached hydrogen (secondary N) is 1. The largest absolute Gasteiger partial charge is 0.472 e. The van der Waals surface area contributed by atoms with Crippen molar-refractivity contribution in [2.24, 2.45) is 0 Å². The molecule has 3 aliphatic rings. The summed E-state index contributed by atoms with van der Waals surface area (Å²) in [6.07, 6.45) is 8.49. The van der Waals surface area contributed by atoms with Gasteiger partial charge in [-0.3, -0.25) is 0 Å². The lowest BCUT2D eigenvalue weighted by atomic mass is 9.89. The lowest BCUT2D eigenvalue weighted by molar-refractivity contribution is 0.142. The zero-order valence-electron chi connectivity index (χ0n) is 17.2. The summed E-state index contributed by atoms with van der Waals surface area (Å²) in [4.78, 5) is 11.3. The highest BCUT2D eigenvalue weighted by atomic mass is 19.1. The van der Waals surface area contributed by atoms with Crippen molar-refractivity contribution in [1.29, 1.82) is 0 Å². The highest BCUT2D eigenvalue weighted by Gasteiger charge is 2.31. The Bertz CT molecular complexity index is 1070. The molecule has 5 heterocycles. The van der Waals surface area contributed by atoms with Crippen molar-refractivity contribution in [3.63, 3.8) is 0 Å². The molecule has 6 rings (SSSR count). The fourth-order valence-corrected chi connectivity index (χ4v) is 4.70. The molecule has 0 radical (unpaired) electrons. The lowest BCUT2D eigenvalue weighted by Crippen LogP contribution is -2.51. The second kappa shape index (κ2) is 7.60. The summed E-state index contributed by atoms with van der Waals surface area (Å²) in [5.74, 6) is 1.62. The highest BCUT2D eigenvalue weighted by Crippen LogP contribution is 2.35. The Morgan fingerprint density at radius 3 is 2.71 bits per heavy atom. The molecule has 31 heavy (non-hydrogen) atoms. The predicted molar refractivity (Wildman–Crippen MR) is 115 cm³/mol. The Labute approximate surface area is 180 Å². The Balaban J connectivity index is 1.13. The molecule has 0 unspecified atom stereocenters. The quantitative estimate of drug-likeness (QED) is 0.699. The van der Waals surface area contributed by atoms with Crippen molar-refractivity contribution in [3.8, 4) is 22.8 Å². The van der Waals surface area contributed by atoms with E-state index < -0.39 is 6.17 Å². The molecule has 0 aromatic carbocycles. The molecule has 1 saturated carbocycles. The van der Waals surface area contributed by atoms with Gasteiger partial charge >= 0.3 is 0 Å². The third-order valence-electron chi connectivity index (χ3n) is 6.55. The first-order valence-electron chi connectivity index (χ1n) is 11.0. The van der Waals surface area contributed by atoms with Gasteiger partial charge in [0.1, 0.15) is 24.3 Å². The van der Waals surface area contributed by atoms with Crippen LogP contribution in [0.4, 0.5) is 10.2 Å². The van der Waals surface area contributed by atoms with Gasteiger partial charge in [0, 0.05) is 43.1 Å². The van der Waals surface area contributed by atoms with Gasteiger partial charge in [-0.1, -0.05) is 0 Å². The minimum atomic E-state index is -0.598. The molecule has 3 aromatic heterocycles. The lowest BCUT2D eigenvalue weighted by Gasteiger charge is -2.38. The number of anilines is 1. The molecule has 1 N–H and O–H groups in total. The van der Waals surface area contributed by atoms with E-state index in [-0.39, 0.29) is 0 Å². The Kier molecular flexibility index (Phi) is 4.60. The normalized spacial score (nSPS) is 22.9. The highest BCUT2D eigenvalue weighted by molar-refractivity contribution is 5.69. The fourth-order valence-electron chi connectivity index (χ4n) is 4.70. The number of fused-ring (bicyclic) bond motifs is 3. The number of piperidine rings is 1. The van der Waals surface area contributed by atoms with E-state index in [9.17, 15) is 4.39 Å². The van der Waals surface area contributed by atoms with Crippen molar-refractivity contribution in [2.45, 2.75) is 50.5 Å². The molecular weight excluding hydrogens is 395 g/mol. The second-order valence-electron chi connectivity index (χ2n) is 8.66. The zero-order chi connectivity index (χ0) is 20.8. The van der Waals surface area contributed by atoms with Crippen LogP contribution in [0.25, 0.3) is 16.9 Å². The van der Waals surface area contributed by atoms with E-state index in [1.54, 1.807) is 6.20 Å². The van der Waals surface area contributed by atoms with Crippen LogP contribution in [0.15, 0.2) is 42.9 Å². The zero-order valence-corrected chi connectivity index (χ0v) is 17.2. The first-order chi connectivity index (χ1) is 15.2. The van der Waals surface area contributed by atoms with Crippen molar-refractivity contribution in [3.05, 3.63) is 48.4 Å². The number of rotatable bonds is 4. The van der Waals surface area contributed by atoms with Crippen LogP contribution in [-0.2, 0) is 6.61 Å². The van der Waals surface area contributed by atoms with Crippen LogP contribution in [0.3, 0.4) is 0 Å². The van der Waals surface area contributed by atoms with Crippen LogP contribution in [0.2, 0.25) is 0 Å². The molecule has 1 saturated heterocycles. The standard InChI is InChI=1S/C23H25FN6O/c24-16-10-18(11-16)27-17-5-8-29(9-6-17)21-4-3-19(12-26-21)30-13-15-14-31-23-20(22(15)28-30)2-1-7-25-23/h1-4,7,12-13,16-18,27H,5-6,8-11,14H2. The number of alkyl halides is 1. The van der Waals surface area contributed by atoms with Crippen molar-refractivity contribution in [2.75, 3.05) is 18.0 Å². The average molecular weight is 420 g/mol. The van der Waals surface area contributed by atoms with Crippen LogP contribution in [0, 0.1) is 0 Å². The van der Waals surface area contributed by atoms with Crippen LogP contribution < -0.4 is 15.0 Å². The number of halogens is 1. The van der Waals surface area contributed by atoms with E-state index in [4.69, 9.17) is 14.8 Å². The number of pyridine rings is 2. The molecule has 8 heteroatoms. The van der Waals surface area contributed by atoms with E-state index in [0.717, 1.165) is 54.3 Å². The van der Waals surface area contributed by atoms with Crippen molar-refractivity contribution < 1.29 is 9.13 Å². The topological polar surface area (TPSA) is 68.1 Å². The molecule has 2 aliphatic heterocycles. The summed E-state index contributed by atoms with van der Waals surface area (Å²) in [5.41, 5.74) is 3.81. The Morgan fingerprint density at radius 2 is 1.94 bits per heavy atom. The Morgan fingerprint density at radius 1 is 1.06 bits per heavy atom. The molecule has 1 aliphatic carbocycles. The molecule has 2 fully saturated rings. The molecule has 7 nitrogen and oxygen atoms in total. The Hall–Kier alpha value is -3.00. The van der Waals surface area contributed by atoms with Crippen LogP contribution in [-0.4, -0.2) is 51.1 Å². The number of hydrogen-bond acceptors (Lipinski definition) is 6. The van der Waals surface area contributed by atoms with Gasteiger partial charge in [0.15, 0.2) is 0 Å². The van der Waals surface area contributed by atoms with Gasteiger partial charge in [-0.15, -0.1) is 0 Å². The first-order valence-corrected chi connectivity index (χ1v) is 11.0. The maximum absolute atomic E-state index is 13.0. The molecular formula is C23H25FN6O. The summed E-state index contributed by atoms with van der Waals surface area (Å²) in [7, 11) is 0. The summed E-state index contributed by atoms with van der Waals surface area (Å²) in [5, 5.41) is 8.37. The molecule has 3 aromatic rings. The maximum atomic E-state index is 13.0.